The Morgan fingerprint density at radius 3 is 2.76 bits per heavy atom. The molecule has 4 nitrogen and oxygen atoms in total. The molecule has 0 aliphatic carbocycles. The quantitative estimate of drug-likeness (QED) is 0.816. The van der Waals surface area contributed by atoms with E-state index >= 15 is 0 Å². The van der Waals surface area contributed by atoms with Gasteiger partial charge in [0.2, 0.25) is 0 Å². The van der Waals surface area contributed by atoms with E-state index in [4.69, 9.17) is 4.74 Å². The molecule has 17 heavy (non-hydrogen) atoms. The van der Waals surface area contributed by atoms with Crippen LogP contribution in [0.1, 0.15) is 32.2 Å². The minimum absolute atomic E-state index is 0.338. The van der Waals surface area contributed by atoms with Gasteiger partial charge in [0, 0.05) is 25.0 Å². The Morgan fingerprint density at radius 1 is 1.47 bits per heavy atom. The molecule has 0 spiro atoms. The van der Waals surface area contributed by atoms with Gasteiger partial charge in [-0.15, -0.1) is 0 Å². The third-order valence-electron chi connectivity index (χ3n) is 3.33. The van der Waals surface area contributed by atoms with Crippen LogP contribution in [0.2, 0.25) is 0 Å². The van der Waals surface area contributed by atoms with Crippen molar-refractivity contribution in [3.8, 4) is 0 Å². The van der Waals surface area contributed by atoms with E-state index in [1.807, 2.05) is 0 Å². The van der Waals surface area contributed by atoms with E-state index < -0.39 is 0 Å². The molecule has 1 saturated heterocycles. The van der Waals surface area contributed by atoms with E-state index in [1.54, 1.807) is 0 Å². The fourth-order valence-corrected chi connectivity index (χ4v) is 2.15. The molecule has 1 aromatic rings. The lowest BCUT2D eigenvalue weighted by Crippen LogP contribution is -2.47. The molecule has 0 unspecified atom stereocenters. The average Bonchev–Trinajstić information content (AvgIpc) is 2.69. The molecule has 0 saturated carbocycles. The maximum Gasteiger partial charge on any atom is 0.0625 e. The number of rotatable bonds is 6. The molecule has 2 heterocycles. The lowest BCUT2D eigenvalue weighted by Gasteiger charge is -2.38. The van der Waals surface area contributed by atoms with Gasteiger partial charge >= 0.3 is 0 Å². The van der Waals surface area contributed by atoms with Crippen molar-refractivity contribution in [1.82, 2.24) is 15.1 Å². The molecular formula is C13H23N3O. The van der Waals surface area contributed by atoms with Crippen molar-refractivity contribution in [3.05, 3.63) is 17.5 Å². The third-order valence-corrected chi connectivity index (χ3v) is 3.33. The predicted octanol–water partition coefficient (Wildman–Crippen LogP) is 1.59. The van der Waals surface area contributed by atoms with Crippen LogP contribution in [0.5, 0.6) is 0 Å². The first-order valence-electron chi connectivity index (χ1n) is 6.51. The van der Waals surface area contributed by atoms with E-state index in [-0.39, 0.29) is 0 Å². The van der Waals surface area contributed by atoms with Crippen LogP contribution in [0.15, 0.2) is 6.07 Å². The highest BCUT2D eigenvalue weighted by molar-refractivity contribution is 5.10. The summed E-state index contributed by atoms with van der Waals surface area (Å²) in [4.78, 5) is 0. The number of nitrogens with one attached hydrogen (secondary N) is 1. The van der Waals surface area contributed by atoms with Gasteiger partial charge in [-0.3, -0.25) is 4.68 Å². The normalized spacial score (nSPS) is 18.1. The van der Waals surface area contributed by atoms with Gasteiger partial charge in [0.05, 0.1) is 24.6 Å². The van der Waals surface area contributed by atoms with Gasteiger partial charge in [0.15, 0.2) is 0 Å². The lowest BCUT2D eigenvalue weighted by atomic mass is 9.89. The third kappa shape index (κ3) is 2.87. The number of hydrogen-bond acceptors (Lipinski definition) is 3. The highest BCUT2D eigenvalue weighted by atomic mass is 16.5. The number of aromatic nitrogens is 2. The second kappa shape index (κ2) is 5.19. The fraction of sp³-hybridized carbons (Fsp3) is 0.769. The van der Waals surface area contributed by atoms with Gasteiger partial charge < -0.3 is 10.1 Å². The standard InChI is InChI=1S/C13H23N3O/c1-4-11-6-12(16(5-2)15-11)7-14-8-13(3)9-17-10-13/h6,14H,4-5,7-10H2,1-3H3. The molecule has 0 aromatic carbocycles. The van der Waals surface area contributed by atoms with Gasteiger partial charge in [-0.25, -0.2) is 0 Å². The summed E-state index contributed by atoms with van der Waals surface area (Å²) in [6.45, 7) is 11.2. The van der Waals surface area contributed by atoms with Crippen molar-refractivity contribution in [2.45, 2.75) is 40.3 Å². The molecule has 1 aliphatic rings. The Morgan fingerprint density at radius 2 is 2.24 bits per heavy atom. The average molecular weight is 237 g/mol. The van der Waals surface area contributed by atoms with Crippen molar-refractivity contribution in [2.24, 2.45) is 5.41 Å². The number of nitrogens with zero attached hydrogens (tertiary/aromatic N) is 2. The van der Waals surface area contributed by atoms with Gasteiger partial charge in [0.25, 0.3) is 0 Å². The Bertz CT molecular complexity index is 369. The van der Waals surface area contributed by atoms with Gasteiger partial charge in [0.1, 0.15) is 0 Å². The van der Waals surface area contributed by atoms with Gasteiger partial charge in [-0.2, -0.15) is 5.10 Å². The van der Waals surface area contributed by atoms with E-state index in [2.05, 4.69) is 41.9 Å². The van der Waals surface area contributed by atoms with Crippen LogP contribution in [0.25, 0.3) is 0 Å². The predicted molar refractivity (Wildman–Crippen MR) is 67.9 cm³/mol. The molecule has 0 bridgehead atoms. The molecule has 1 fully saturated rings. The summed E-state index contributed by atoms with van der Waals surface area (Å²) in [6.07, 6.45) is 1.01. The SMILES string of the molecule is CCc1cc(CNCC2(C)COC2)n(CC)n1. The molecule has 1 aliphatic heterocycles. The minimum Gasteiger partial charge on any atom is -0.380 e. The molecule has 4 heteroatoms. The maximum atomic E-state index is 5.25. The Labute approximate surface area is 103 Å². The zero-order valence-electron chi connectivity index (χ0n) is 11.1. The number of hydrogen-bond donors (Lipinski definition) is 1. The lowest BCUT2D eigenvalue weighted by molar-refractivity contribution is -0.0992. The van der Waals surface area contributed by atoms with E-state index in [9.17, 15) is 0 Å². The van der Waals surface area contributed by atoms with Gasteiger partial charge in [-0.1, -0.05) is 13.8 Å². The largest absolute Gasteiger partial charge is 0.380 e. The molecule has 2 rings (SSSR count). The van der Waals surface area contributed by atoms with Crippen molar-refractivity contribution in [3.63, 3.8) is 0 Å². The highest BCUT2D eigenvalue weighted by Gasteiger charge is 2.32. The molecule has 96 valence electrons. The molecule has 0 atom stereocenters. The number of ether oxygens (including phenoxy) is 1. The Kier molecular flexibility index (Phi) is 3.84. The second-order valence-electron chi connectivity index (χ2n) is 5.20. The van der Waals surface area contributed by atoms with Crippen molar-refractivity contribution >= 4 is 0 Å². The van der Waals surface area contributed by atoms with Crippen LogP contribution < -0.4 is 5.32 Å². The molecular weight excluding hydrogens is 214 g/mol. The summed E-state index contributed by atoms with van der Waals surface area (Å²) in [5.74, 6) is 0. The van der Waals surface area contributed by atoms with Crippen LogP contribution in [-0.4, -0.2) is 29.5 Å². The molecule has 1 aromatic heterocycles. The monoisotopic (exact) mass is 237 g/mol. The summed E-state index contributed by atoms with van der Waals surface area (Å²) in [7, 11) is 0. The van der Waals surface area contributed by atoms with Crippen LogP contribution >= 0.6 is 0 Å². The highest BCUT2D eigenvalue weighted by Crippen LogP contribution is 2.25. The maximum absolute atomic E-state index is 5.25. The van der Waals surface area contributed by atoms with Gasteiger partial charge in [-0.05, 0) is 19.4 Å². The topological polar surface area (TPSA) is 39.1 Å². The second-order valence-corrected chi connectivity index (χ2v) is 5.20. The van der Waals surface area contributed by atoms with Crippen LogP contribution in [0.4, 0.5) is 0 Å². The summed E-state index contributed by atoms with van der Waals surface area (Å²) in [5, 5.41) is 8.06. The first kappa shape index (κ1) is 12.6. The first-order valence-corrected chi connectivity index (χ1v) is 6.51. The van der Waals surface area contributed by atoms with Crippen molar-refractivity contribution < 1.29 is 4.74 Å². The first-order chi connectivity index (χ1) is 8.17. The molecule has 0 amide bonds. The van der Waals surface area contributed by atoms with Crippen molar-refractivity contribution in [1.29, 1.82) is 0 Å². The number of aryl methyl sites for hydroxylation is 2. The molecule has 1 N–H and O–H groups in total. The minimum atomic E-state index is 0.338. The van der Waals surface area contributed by atoms with Crippen LogP contribution in [0, 0.1) is 5.41 Å². The summed E-state index contributed by atoms with van der Waals surface area (Å²) < 4.78 is 7.34. The van der Waals surface area contributed by atoms with E-state index in [0.29, 0.717) is 5.41 Å². The summed E-state index contributed by atoms with van der Waals surface area (Å²) >= 11 is 0. The van der Waals surface area contributed by atoms with Crippen LogP contribution in [-0.2, 0) is 24.2 Å². The zero-order valence-corrected chi connectivity index (χ0v) is 11.1. The summed E-state index contributed by atoms with van der Waals surface area (Å²) in [6, 6.07) is 2.20. The fourth-order valence-electron chi connectivity index (χ4n) is 2.15. The molecule has 0 radical (unpaired) electrons. The Balaban J connectivity index is 1.87. The zero-order chi connectivity index (χ0) is 12.3. The smallest absolute Gasteiger partial charge is 0.0625 e. The van der Waals surface area contributed by atoms with E-state index in [1.165, 1.54) is 11.4 Å². The summed E-state index contributed by atoms with van der Waals surface area (Å²) in [5.41, 5.74) is 2.81. The van der Waals surface area contributed by atoms with Crippen LogP contribution in [0.3, 0.4) is 0 Å². The van der Waals surface area contributed by atoms with E-state index in [0.717, 1.165) is 39.3 Å². The Hall–Kier alpha value is -0.870. The van der Waals surface area contributed by atoms with Crippen molar-refractivity contribution in [2.75, 3.05) is 19.8 Å².